The van der Waals surface area contributed by atoms with Crippen molar-refractivity contribution in [2.75, 3.05) is 31.1 Å². The zero-order valence-electron chi connectivity index (χ0n) is 15.3. The molecule has 1 unspecified atom stereocenters. The van der Waals surface area contributed by atoms with Gasteiger partial charge in [-0.1, -0.05) is 29.4 Å². The minimum Gasteiger partial charge on any atom is -0.426 e. The lowest BCUT2D eigenvalue weighted by atomic mass is 9.95. The number of hydrogen-bond acceptors (Lipinski definition) is 7. The van der Waals surface area contributed by atoms with Crippen LogP contribution >= 0.6 is 0 Å². The summed E-state index contributed by atoms with van der Waals surface area (Å²) in [6, 6.07) is 15.6. The average molecular weight is 376 g/mol. The Hall–Kier alpha value is -3.19. The first kappa shape index (κ1) is 16.9. The first-order valence-electron chi connectivity index (χ1n) is 9.47. The molecule has 0 saturated carbocycles. The second-order valence-electron chi connectivity index (χ2n) is 7.03. The number of esters is 1. The number of nitrogens with zero attached hydrogens (tertiary/aromatic N) is 3. The van der Waals surface area contributed by atoms with Crippen molar-refractivity contribution in [3.8, 4) is 17.2 Å². The number of anilines is 1. The van der Waals surface area contributed by atoms with Gasteiger partial charge in [-0.05, 0) is 30.2 Å². The van der Waals surface area contributed by atoms with Crippen molar-refractivity contribution in [3.05, 3.63) is 59.9 Å². The van der Waals surface area contributed by atoms with Crippen molar-refractivity contribution >= 4 is 11.7 Å². The fraction of sp³-hybridized carbons (Fsp3) is 0.286. The Balaban J connectivity index is 1.38. The Labute approximate surface area is 162 Å². The third-order valence-electron chi connectivity index (χ3n) is 5.23. The van der Waals surface area contributed by atoms with Crippen LogP contribution in [0.3, 0.4) is 0 Å². The van der Waals surface area contributed by atoms with Crippen LogP contribution in [0.5, 0.6) is 5.75 Å². The fourth-order valence-corrected chi connectivity index (χ4v) is 3.68. The molecular weight excluding hydrogens is 356 g/mol. The van der Waals surface area contributed by atoms with Crippen LogP contribution in [0.4, 0.5) is 5.69 Å². The number of fused-ring (bicyclic) bond motifs is 1. The van der Waals surface area contributed by atoms with Crippen LogP contribution < -0.4 is 15.0 Å². The number of nitrogens with one attached hydrogen (secondary N) is 1. The molecule has 0 amide bonds. The minimum atomic E-state index is -0.557. The van der Waals surface area contributed by atoms with E-state index in [9.17, 15) is 4.79 Å². The molecule has 5 rings (SSSR count). The SMILES string of the molecule is O=C1Oc2cc(N3CCNCC3)ccc2CC1c1noc(-c2ccccc2)n1. The molecule has 0 aliphatic carbocycles. The lowest BCUT2D eigenvalue weighted by Crippen LogP contribution is -2.43. The Bertz CT molecular complexity index is 996. The van der Waals surface area contributed by atoms with Gasteiger partial charge in [-0.25, -0.2) is 0 Å². The van der Waals surface area contributed by atoms with Gasteiger partial charge in [0, 0.05) is 43.5 Å². The molecule has 28 heavy (non-hydrogen) atoms. The summed E-state index contributed by atoms with van der Waals surface area (Å²) in [6.45, 7) is 3.81. The number of rotatable bonds is 3. The number of ether oxygens (including phenoxy) is 1. The summed E-state index contributed by atoms with van der Waals surface area (Å²) in [4.78, 5) is 19.3. The van der Waals surface area contributed by atoms with Crippen LogP contribution in [0.25, 0.3) is 11.5 Å². The first-order chi connectivity index (χ1) is 13.8. The van der Waals surface area contributed by atoms with Gasteiger partial charge < -0.3 is 19.5 Å². The standard InChI is InChI=1S/C21H20N4O3/c26-21-17(19-23-20(28-24-19)14-4-2-1-3-5-14)12-15-6-7-16(13-18(15)27-21)25-10-8-22-9-11-25/h1-7,13,17,22H,8-12H2. The minimum absolute atomic E-state index is 0.342. The molecule has 2 aromatic carbocycles. The predicted octanol–water partition coefficient (Wildman–Crippen LogP) is 2.39. The lowest BCUT2D eigenvalue weighted by Gasteiger charge is -2.30. The van der Waals surface area contributed by atoms with Gasteiger partial charge in [0.15, 0.2) is 5.82 Å². The molecule has 0 radical (unpaired) electrons. The van der Waals surface area contributed by atoms with Crippen LogP contribution in [0.1, 0.15) is 17.3 Å². The first-order valence-corrected chi connectivity index (χ1v) is 9.47. The molecule has 0 spiro atoms. The molecule has 1 fully saturated rings. The molecule has 1 saturated heterocycles. The summed E-state index contributed by atoms with van der Waals surface area (Å²) in [5, 5.41) is 7.37. The highest BCUT2D eigenvalue weighted by Gasteiger charge is 2.34. The smallest absolute Gasteiger partial charge is 0.322 e. The second-order valence-corrected chi connectivity index (χ2v) is 7.03. The van der Waals surface area contributed by atoms with Crippen LogP contribution in [0.2, 0.25) is 0 Å². The van der Waals surface area contributed by atoms with E-state index in [1.807, 2.05) is 42.5 Å². The second kappa shape index (κ2) is 7.09. The average Bonchev–Trinajstić information content (AvgIpc) is 3.24. The molecule has 1 N–H and O–H groups in total. The highest BCUT2D eigenvalue weighted by molar-refractivity contribution is 5.82. The van der Waals surface area contributed by atoms with E-state index in [1.165, 1.54) is 0 Å². The summed E-state index contributed by atoms with van der Waals surface area (Å²) >= 11 is 0. The number of benzene rings is 2. The molecule has 142 valence electrons. The summed E-state index contributed by atoms with van der Waals surface area (Å²) < 4.78 is 11.0. The quantitative estimate of drug-likeness (QED) is 0.555. The van der Waals surface area contributed by atoms with E-state index in [-0.39, 0.29) is 5.97 Å². The van der Waals surface area contributed by atoms with E-state index in [0.29, 0.717) is 23.9 Å². The number of hydrogen-bond donors (Lipinski definition) is 1. The third-order valence-corrected chi connectivity index (χ3v) is 5.23. The molecule has 1 atom stereocenters. The zero-order chi connectivity index (χ0) is 18.9. The lowest BCUT2D eigenvalue weighted by molar-refractivity contribution is -0.137. The molecule has 0 bridgehead atoms. The molecule has 3 aromatic rings. The highest BCUT2D eigenvalue weighted by atomic mass is 16.5. The Kier molecular flexibility index (Phi) is 4.29. The summed E-state index contributed by atoms with van der Waals surface area (Å²) in [5.74, 6) is 0.497. The van der Waals surface area contributed by atoms with Crippen LogP contribution in [0, 0.1) is 0 Å². The van der Waals surface area contributed by atoms with E-state index in [1.54, 1.807) is 0 Å². The van der Waals surface area contributed by atoms with Crippen molar-refractivity contribution in [2.24, 2.45) is 0 Å². The van der Waals surface area contributed by atoms with Crippen molar-refractivity contribution in [3.63, 3.8) is 0 Å². The van der Waals surface area contributed by atoms with Gasteiger partial charge in [0.25, 0.3) is 5.89 Å². The number of carbonyl (C=O) groups excluding carboxylic acids is 1. The van der Waals surface area contributed by atoms with Gasteiger partial charge in [0.2, 0.25) is 0 Å². The van der Waals surface area contributed by atoms with E-state index in [2.05, 4.69) is 26.4 Å². The molecular formula is C21H20N4O3. The van der Waals surface area contributed by atoms with Gasteiger partial charge in [-0.3, -0.25) is 4.79 Å². The maximum absolute atomic E-state index is 12.6. The summed E-state index contributed by atoms with van der Waals surface area (Å²) in [7, 11) is 0. The van der Waals surface area contributed by atoms with Crippen molar-refractivity contribution in [2.45, 2.75) is 12.3 Å². The largest absolute Gasteiger partial charge is 0.426 e. The Morgan fingerprint density at radius 1 is 1.07 bits per heavy atom. The van der Waals surface area contributed by atoms with E-state index in [0.717, 1.165) is 43.0 Å². The number of aromatic nitrogens is 2. The van der Waals surface area contributed by atoms with Gasteiger partial charge in [-0.2, -0.15) is 4.98 Å². The highest BCUT2D eigenvalue weighted by Crippen LogP contribution is 2.35. The van der Waals surface area contributed by atoms with Crippen LogP contribution in [-0.4, -0.2) is 42.3 Å². The Morgan fingerprint density at radius 3 is 2.71 bits per heavy atom. The van der Waals surface area contributed by atoms with Crippen LogP contribution in [-0.2, 0) is 11.2 Å². The van der Waals surface area contributed by atoms with Gasteiger partial charge in [0.05, 0.1) is 0 Å². The van der Waals surface area contributed by atoms with Gasteiger partial charge in [-0.15, -0.1) is 0 Å². The molecule has 1 aromatic heterocycles. The van der Waals surface area contributed by atoms with Gasteiger partial charge >= 0.3 is 5.97 Å². The monoisotopic (exact) mass is 376 g/mol. The number of carbonyl (C=O) groups is 1. The summed E-state index contributed by atoms with van der Waals surface area (Å²) in [6.07, 6.45) is 0.504. The number of piperazine rings is 1. The van der Waals surface area contributed by atoms with Crippen molar-refractivity contribution in [1.82, 2.24) is 15.5 Å². The third kappa shape index (κ3) is 3.14. The predicted molar refractivity (Wildman–Crippen MR) is 103 cm³/mol. The molecule has 2 aliphatic heterocycles. The maximum Gasteiger partial charge on any atom is 0.322 e. The van der Waals surface area contributed by atoms with E-state index in [4.69, 9.17) is 9.26 Å². The van der Waals surface area contributed by atoms with Gasteiger partial charge in [0.1, 0.15) is 11.7 Å². The summed E-state index contributed by atoms with van der Waals surface area (Å²) in [5.41, 5.74) is 2.89. The fourth-order valence-electron chi connectivity index (χ4n) is 3.68. The topological polar surface area (TPSA) is 80.5 Å². The van der Waals surface area contributed by atoms with Crippen molar-refractivity contribution < 1.29 is 14.1 Å². The van der Waals surface area contributed by atoms with Crippen molar-refractivity contribution in [1.29, 1.82) is 0 Å². The maximum atomic E-state index is 12.6. The van der Waals surface area contributed by atoms with E-state index >= 15 is 0 Å². The molecule has 2 aliphatic rings. The Morgan fingerprint density at radius 2 is 1.89 bits per heavy atom. The molecule has 7 heteroatoms. The van der Waals surface area contributed by atoms with Crippen LogP contribution in [0.15, 0.2) is 53.1 Å². The zero-order valence-corrected chi connectivity index (χ0v) is 15.3. The normalized spacial score (nSPS) is 19.2. The van der Waals surface area contributed by atoms with E-state index < -0.39 is 5.92 Å². The molecule has 3 heterocycles. The molecule has 7 nitrogen and oxygen atoms in total.